The van der Waals surface area contributed by atoms with Crippen LogP contribution in [0.4, 0.5) is 0 Å². The minimum Gasteiger partial charge on any atom is -0.480 e. The van der Waals surface area contributed by atoms with E-state index in [1.54, 1.807) is 4.90 Å². The molecule has 1 aliphatic rings. The molecule has 0 bridgehead atoms. The van der Waals surface area contributed by atoms with Gasteiger partial charge < -0.3 is 9.84 Å². The zero-order valence-corrected chi connectivity index (χ0v) is 10.6. The Balaban J connectivity index is 1.80. The van der Waals surface area contributed by atoms with E-state index in [9.17, 15) is 9.59 Å². The molecule has 0 amide bonds. The Bertz CT molecular complexity index is 446. The second-order valence-corrected chi connectivity index (χ2v) is 4.61. The van der Waals surface area contributed by atoms with E-state index < -0.39 is 12.0 Å². The topological polar surface area (TPSA) is 66.8 Å². The smallest absolute Gasteiger partial charge is 0.320 e. The van der Waals surface area contributed by atoms with Crippen LogP contribution in [0.15, 0.2) is 30.3 Å². The second kappa shape index (κ2) is 6.33. The van der Waals surface area contributed by atoms with Crippen molar-refractivity contribution in [3.8, 4) is 0 Å². The van der Waals surface area contributed by atoms with Crippen molar-refractivity contribution in [1.82, 2.24) is 4.90 Å². The maximum atomic E-state index is 11.7. The first-order chi connectivity index (χ1) is 9.16. The zero-order chi connectivity index (χ0) is 13.7. The monoisotopic (exact) mass is 263 g/mol. The molecule has 19 heavy (non-hydrogen) atoms. The summed E-state index contributed by atoms with van der Waals surface area (Å²) in [5.74, 6) is -1.25. The number of benzene rings is 1. The van der Waals surface area contributed by atoms with E-state index in [0.717, 1.165) is 12.0 Å². The van der Waals surface area contributed by atoms with Crippen molar-refractivity contribution in [3.63, 3.8) is 0 Å². The SMILES string of the molecule is O=C(CN1CCCC1C(=O)O)OCc1ccccc1. The number of hydrogen-bond donors (Lipinski definition) is 1. The van der Waals surface area contributed by atoms with Crippen molar-refractivity contribution >= 4 is 11.9 Å². The molecule has 1 N–H and O–H groups in total. The van der Waals surface area contributed by atoms with Crippen LogP contribution in [-0.2, 0) is 20.9 Å². The molecule has 1 saturated heterocycles. The molecule has 0 aliphatic carbocycles. The van der Waals surface area contributed by atoms with Gasteiger partial charge in [-0.05, 0) is 24.9 Å². The van der Waals surface area contributed by atoms with Crippen molar-refractivity contribution in [2.45, 2.75) is 25.5 Å². The van der Waals surface area contributed by atoms with Crippen molar-refractivity contribution in [2.24, 2.45) is 0 Å². The Kier molecular flexibility index (Phi) is 4.52. The highest BCUT2D eigenvalue weighted by Crippen LogP contribution is 2.17. The molecule has 0 aromatic heterocycles. The molecule has 1 aliphatic heterocycles. The zero-order valence-electron chi connectivity index (χ0n) is 10.6. The molecule has 1 unspecified atom stereocenters. The molecule has 0 spiro atoms. The minimum atomic E-state index is -0.867. The number of rotatable bonds is 5. The lowest BCUT2D eigenvalue weighted by atomic mass is 10.2. The summed E-state index contributed by atoms with van der Waals surface area (Å²) < 4.78 is 5.14. The van der Waals surface area contributed by atoms with Crippen LogP contribution in [-0.4, -0.2) is 41.1 Å². The number of ether oxygens (including phenoxy) is 1. The fourth-order valence-corrected chi connectivity index (χ4v) is 2.24. The minimum absolute atomic E-state index is 0.0454. The second-order valence-electron chi connectivity index (χ2n) is 4.61. The lowest BCUT2D eigenvalue weighted by Gasteiger charge is -2.19. The Labute approximate surface area is 111 Å². The third-order valence-electron chi connectivity index (χ3n) is 3.22. The Hall–Kier alpha value is -1.88. The number of esters is 1. The molecule has 1 aromatic carbocycles. The number of nitrogens with zero attached hydrogens (tertiary/aromatic N) is 1. The number of carboxylic acid groups (broad SMARTS) is 1. The van der Waals surface area contributed by atoms with Gasteiger partial charge >= 0.3 is 11.9 Å². The lowest BCUT2D eigenvalue weighted by Crippen LogP contribution is -2.39. The van der Waals surface area contributed by atoms with Gasteiger partial charge in [-0.1, -0.05) is 30.3 Å². The Morgan fingerprint density at radius 2 is 2.05 bits per heavy atom. The molecule has 1 heterocycles. The molecule has 5 heteroatoms. The molecule has 0 radical (unpaired) electrons. The van der Waals surface area contributed by atoms with Gasteiger partial charge in [0.2, 0.25) is 0 Å². The highest BCUT2D eigenvalue weighted by Gasteiger charge is 2.31. The number of hydrogen-bond acceptors (Lipinski definition) is 4. The number of carbonyl (C=O) groups is 2. The Morgan fingerprint density at radius 1 is 1.32 bits per heavy atom. The number of aliphatic carboxylic acids is 1. The average molecular weight is 263 g/mol. The summed E-state index contributed by atoms with van der Waals surface area (Å²) in [4.78, 5) is 24.3. The van der Waals surface area contributed by atoms with Crippen LogP contribution in [0, 0.1) is 0 Å². The van der Waals surface area contributed by atoms with E-state index in [1.165, 1.54) is 0 Å². The fraction of sp³-hybridized carbons (Fsp3) is 0.429. The highest BCUT2D eigenvalue weighted by atomic mass is 16.5. The van der Waals surface area contributed by atoms with Crippen molar-refractivity contribution in [3.05, 3.63) is 35.9 Å². The standard InChI is InChI=1S/C14H17NO4/c16-13(19-10-11-5-2-1-3-6-11)9-15-8-4-7-12(15)14(17)18/h1-3,5-6,12H,4,7-10H2,(H,17,18). The van der Waals surface area contributed by atoms with Crippen LogP contribution in [0.1, 0.15) is 18.4 Å². The van der Waals surface area contributed by atoms with Crippen LogP contribution < -0.4 is 0 Å². The quantitative estimate of drug-likeness (QED) is 0.810. The van der Waals surface area contributed by atoms with Crippen molar-refractivity contribution in [2.75, 3.05) is 13.1 Å². The van der Waals surface area contributed by atoms with Crippen molar-refractivity contribution in [1.29, 1.82) is 0 Å². The van der Waals surface area contributed by atoms with Crippen molar-refractivity contribution < 1.29 is 19.4 Å². The normalized spacial score (nSPS) is 19.3. The van der Waals surface area contributed by atoms with Crippen LogP contribution in [0.5, 0.6) is 0 Å². The largest absolute Gasteiger partial charge is 0.480 e. The van der Waals surface area contributed by atoms with Crippen LogP contribution >= 0.6 is 0 Å². The van der Waals surface area contributed by atoms with E-state index in [0.29, 0.717) is 13.0 Å². The predicted molar refractivity (Wildman–Crippen MR) is 68.5 cm³/mol. The summed E-state index contributed by atoms with van der Waals surface area (Å²) in [7, 11) is 0. The predicted octanol–water partition coefficient (Wildman–Crippen LogP) is 1.28. The molecule has 0 saturated carbocycles. The van der Waals surface area contributed by atoms with Crippen LogP contribution in [0.2, 0.25) is 0 Å². The van der Waals surface area contributed by atoms with E-state index >= 15 is 0 Å². The number of carboxylic acids is 1. The number of carbonyl (C=O) groups excluding carboxylic acids is 1. The maximum Gasteiger partial charge on any atom is 0.320 e. The van der Waals surface area contributed by atoms with Gasteiger partial charge in [0.05, 0.1) is 6.54 Å². The first-order valence-corrected chi connectivity index (χ1v) is 6.33. The van der Waals surface area contributed by atoms with Gasteiger partial charge in [-0.25, -0.2) is 0 Å². The summed E-state index contributed by atoms with van der Waals surface area (Å²) in [6.45, 7) is 0.909. The molecule has 5 nitrogen and oxygen atoms in total. The van der Waals surface area contributed by atoms with E-state index in [-0.39, 0.29) is 19.1 Å². The molecule has 1 fully saturated rings. The Morgan fingerprint density at radius 3 is 2.74 bits per heavy atom. The van der Waals surface area contributed by atoms with Gasteiger partial charge in [-0.15, -0.1) is 0 Å². The van der Waals surface area contributed by atoms with E-state index in [1.807, 2.05) is 30.3 Å². The maximum absolute atomic E-state index is 11.7. The van der Waals surface area contributed by atoms with Gasteiger partial charge in [-0.2, -0.15) is 0 Å². The molecule has 1 aromatic rings. The molecular weight excluding hydrogens is 246 g/mol. The van der Waals surface area contributed by atoms with Gasteiger partial charge in [-0.3, -0.25) is 14.5 Å². The summed E-state index contributed by atoms with van der Waals surface area (Å²) in [6, 6.07) is 8.86. The van der Waals surface area contributed by atoms with E-state index in [4.69, 9.17) is 9.84 Å². The van der Waals surface area contributed by atoms with Crippen LogP contribution in [0.3, 0.4) is 0 Å². The third kappa shape index (κ3) is 3.79. The van der Waals surface area contributed by atoms with Gasteiger partial charge in [0.25, 0.3) is 0 Å². The van der Waals surface area contributed by atoms with Gasteiger partial charge in [0, 0.05) is 0 Å². The summed E-state index contributed by atoms with van der Waals surface area (Å²) in [6.07, 6.45) is 1.41. The number of likely N-dealkylation sites (tertiary alicyclic amines) is 1. The van der Waals surface area contributed by atoms with Gasteiger partial charge in [0.1, 0.15) is 12.6 Å². The fourth-order valence-electron chi connectivity index (χ4n) is 2.24. The molecular formula is C14H17NO4. The highest BCUT2D eigenvalue weighted by molar-refractivity contribution is 5.76. The lowest BCUT2D eigenvalue weighted by molar-refractivity contribution is -0.149. The van der Waals surface area contributed by atoms with E-state index in [2.05, 4.69) is 0 Å². The third-order valence-corrected chi connectivity index (χ3v) is 3.22. The molecule has 1 atom stereocenters. The summed E-state index contributed by atoms with van der Waals surface area (Å²) in [5, 5.41) is 9.01. The first-order valence-electron chi connectivity index (χ1n) is 6.33. The van der Waals surface area contributed by atoms with Crippen LogP contribution in [0.25, 0.3) is 0 Å². The molecule has 2 rings (SSSR count). The summed E-state index contributed by atoms with van der Waals surface area (Å²) in [5.41, 5.74) is 0.923. The average Bonchev–Trinajstić information content (AvgIpc) is 2.86. The first kappa shape index (κ1) is 13.5. The summed E-state index contributed by atoms with van der Waals surface area (Å²) >= 11 is 0. The molecule has 102 valence electrons. The van der Waals surface area contributed by atoms with Gasteiger partial charge in [0.15, 0.2) is 0 Å².